The van der Waals surface area contributed by atoms with Gasteiger partial charge in [0.1, 0.15) is 6.04 Å². The predicted octanol–water partition coefficient (Wildman–Crippen LogP) is 3.97. The molecule has 176 valence electrons. The molecule has 1 heterocycles. The lowest BCUT2D eigenvalue weighted by Crippen LogP contribution is -2.43. The van der Waals surface area contributed by atoms with Crippen LogP contribution in [-0.4, -0.2) is 49.0 Å². The number of esters is 1. The van der Waals surface area contributed by atoms with E-state index in [0.29, 0.717) is 24.3 Å². The van der Waals surface area contributed by atoms with Crippen molar-refractivity contribution < 1.29 is 19.1 Å². The first-order valence-corrected chi connectivity index (χ1v) is 12.6. The second-order valence-corrected chi connectivity index (χ2v) is 10.2. The number of carbonyl (C=O) groups excluding carboxylic acids is 3. The number of rotatable bonds is 8. The number of anilines is 1. The molecule has 33 heavy (non-hydrogen) atoms. The SMILES string of the molecule is CSCC[C@H](NC(=O)c1ccc(C(C)(C)C)cc1)C(=O)OCC(=O)N1CCc2ccccc21. The lowest BCUT2D eigenvalue weighted by Gasteiger charge is -2.21. The smallest absolute Gasteiger partial charge is 0.329 e. The fourth-order valence-electron chi connectivity index (χ4n) is 3.76. The minimum absolute atomic E-state index is 0.0118. The molecule has 1 N–H and O–H groups in total. The summed E-state index contributed by atoms with van der Waals surface area (Å²) in [4.78, 5) is 39.8. The molecule has 2 aromatic carbocycles. The molecule has 1 aliphatic rings. The van der Waals surface area contributed by atoms with E-state index in [1.54, 1.807) is 28.8 Å². The minimum atomic E-state index is -0.814. The number of amides is 2. The Morgan fingerprint density at radius 2 is 1.79 bits per heavy atom. The van der Waals surface area contributed by atoms with Gasteiger partial charge in [0.2, 0.25) is 0 Å². The summed E-state index contributed by atoms with van der Waals surface area (Å²) in [6.45, 7) is 6.56. The number of hydrogen-bond donors (Lipinski definition) is 1. The van der Waals surface area contributed by atoms with Gasteiger partial charge in [-0.25, -0.2) is 4.79 Å². The molecule has 2 aromatic rings. The van der Waals surface area contributed by atoms with E-state index in [-0.39, 0.29) is 23.8 Å². The van der Waals surface area contributed by atoms with Crippen molar-refractivity contribution in [1.29, 1.82) is 0 Å². The van der Waals surface area contributed by atoms with Crippen LogP contribution in [0.4, 0.5) is 5.69 Å². The highest BCUT2D eigenvalue weighted by molar-refractivity contribution is 7.98. The third-order valence-corrected chi connectivity index (χ3v) is 6.38. The predicted molar refractivity (Wildman–Crippen MR) is 133 cm³/mol. The van der Waals surface area contributed by atoms with Crippen molar-refractivity contribution in [2.75, 3.05) is 30.1 Å². The van der Waals surface area contributed by atoms with Crippen molar-refractivity contribution >= 4 is 35.2 Å². The molecule has 0 bridgehead atoms. The highest BCUT2D eigenvalue weighted by Gasteiger charge is 2.27. The maximum absolute atomic E-state index is 12.8. The van der Waals surface area contributed by atoms with E-state index in [4.69, 9.17) is 4.74 Å². The normalized spacial score (nSPS) is 13.9. The van der Waals surface area contributed by atoms with E-state index >= 15 is 0 Å². The molecule has 6 nitrogen and oxygen atoms in total. The molecular weight excluding hydrogens is 436 g/mol. The number of ether oxygens (including phenoxy) is 1. The summed E-state index contributed by atoms with van der Waals surface area (Å²) in [5.41, 5.74) is 3.57. The second kappa shape index (κ2) is 10.9. The first-order valence-electron chi connectivity index (χ1n) is 11.2. The van der Waals surface area contributed by atoms with Crippen LogP contribution in [0.15, 0.2) is 48.5 Å². The topological polar surface area (TPSA) is 75.7 Å². The lowest BCUT2D eigenvalue weighted by atomic mass is 9.86. The molecule has 0 aromatic heterocycles. The summed E-state index contributed by atoms with van der Waals surface area (Å²) in [5, 5.41) is 2.78. The molecule has 0 saturated heterocycles. The van der Waals surface area contributed by atoms with Crippen molar-refractivity contribution in [1.82, 2.24) is 5.32 Å². The zero-order valence-corrected chi connectivity index (χ0v) is 20.5. The second-order valence-electron chi connectivity index (χ2n) is 9.17. The Labute approximate surface area is 200 Å². The van der Waals surface area contributed by atoms with Gasteiger partial charge in [-0.05, 0) is 59.6 Å². The minimum Gasteiger partial charge on any atom is -0.454 e. The van der Waals surface area contributed by atoms with Gasteiger partial charge in [0.15, 0.2) is 6.61 Å². The largest absolute Gasteiger partial charge is 0.454 e. The molecule has 3 rings (SSSR count). The van der Waals surface area contributed by atoms with Crippen molar-refractivity contribution in [3.63, 3.8) is 0 Å². The van der Waals surface area contributed by atoms with E-state index < -0.39 is 12.0 Å². The number of fused-ring (bicyclic) bond motifs is 1. The van der Waals surface area contributed by atoms with Gasteiger partial charge >= 0.3 is 5.97 Å². The van der Waals surface area contributed by atoms with Crippen molar-refractivity contribution in [3.05, 3.63) is 65.2 Å². The van der Waals surface area contributed by atoms with Crippen LogP contribution in [0.5, 0.6) is 0 Å². The maximum Gasteiger partial charge on any atom is 0.329 e. The summed E-state index contributed by atoms with van der Waals surface area (Å²) in [7, 11) is 0. The fourth-order valence-corrected chi connectivity index (χ4v) is 4.23. The molecule has 0 radical (unpaired) electrons. The van der Waals surface area contributed by atoms with Gasteiger partial charge in [0.05, 0.1) is 0 Å². The van der Waals surface area contributed by atoms with Crippen LogP contribution < -0.4 is 10.2 Å². The molecule has 7 heteroatoms. The average Bonchev–Trinajstić information content (AvgIpc) is 3.23. The zero-order valence-electron chi connectivity index (χ0n) is 19.7. The number of thioether (sulfide) groups is 1. The number of para-hydroxylation sites is 1. The van der Waals surface area contributed by atoms with Crippen LogP contribution in [0, 0.1) is 0 Å². The van der Waals surface area contributed by atoms with E-state index in [9.17, 15) is 14.4 Å². The highest BCUT2D eigenvalue weighted by atomic mass is 32.2. The van der Waals surface area contributed by atoms with Gasteiger partial charge in [-0.15, -0.1) is 0 Å². The zero-order chi connectivity index (χ0) is 24.0. The molecule has 0 spiro atoms. The summed E-state index contributed by atoms with van der Waals surface area (Å²) in [5.74, 6) is -0.514. The number of nitrogens with zero attached hydrogens (tertiary/aromatic N) is 1. The van der Waals surface area contributed by atoms with Gasteiger partial charge in [-0.2, -0.15) is 11.8 Å². The van der Waals surface area contributed by atoms with Crippen LogP contribution in [0.3, 0.4) is 0 Å². The first-order chi connectivity index (χ1) is 15.7. The molecule has 0 saturated carbocycles. The van der Waals surface area contributed by atoms with E-state index in [2.05, 4.69) is 26.1 Å². The van der Waals surface area contributed by atoms with E-state index in [1.165, 1.54) is 0 Å². The maximum atomic E-state index is 12.8. The molecular formula is C26H32N2O4S. The third kappa shape index (κ3) is 6.38. The van der Waals surface area contributed by atoms with Crippen molar-refractivity contribution in [2.24, 2.45) is 0 Å². The highest BCUT2D eigenvalue weighted by Crippen LogP contribution is 2.27. The fraction of sp³-hybridized carbons (Fsp3) is 0.423. The van der Waals surface area contributed by atoms with Gasteiger partial charge in [-0.1, -0.05) is 51.1 Å². The Kier molecular flexibility index (Phi) is 8.19. The quantitative estimate of drug-likeness (QED) is 0.594. The molecule has 1 atom stereocenters. The molecule has 0 fully saturated rings. The van der Waals surface area contributed by atoms with Crippen LogP contribution in [0.1, 0.15) is 48.7 Å². The Hall–Kier alpha value is -2.80. The summed E-state index contributed by atoms with van der Waals surface area (Å²) in [6, 6.07) is 14.3. The number of carbonyl (C=O) groups is 3. The Balaban J connectivity index is 1.60. The van der Waals surface area contributed by atoms with Gasteiger partial charge in [0.25, 0.3) is 11.8 Å². The standard InChI is InChI=1S/C26H32N2O4S/c1-26(2,3)20-11-9-19(10-12-20)24(30)27-21(14-16-33-4)25(31)32-17-23(29)28-15-13-18-7-5-6-8-22(18)28/h5-12,21H,13-17H2,1-4H3,(H,27,30)/t21-/m0/s1. The Bertz CT molecular complexity index is 998. The molecule has 0 unspecified atom stereocenters. The first kappa shape index (κ1) is 24.8. The van der Waals surface area contributed by atoms with Crippen LogP contribution in [0.2, 0.25) is 0 Å². The van der Waals surface area contributed by atoms with Gasteiger partial charge in [0, 0.05) is 17.8 Å². The molecule has 2 amide bonds. The van der Waals surface area contributed by atoms with Gasteiger partial charge < -0.3 is 15.0 Å². The summed E-state index contributed by atoms with van der Waals surface area (Å²) < 4.78 is 5.34. The summed E-state index contributed by atoms with van der Waals surface area (Å²) in [6.07, 6.45) is 3.15. The van der Waals surface area contributed by atoms with Crippen LogP contribution in [-0.2, 0) is 26.2 Å². The van der Waals surface area contributed by atoms with E-state index in [1.807, 2.05) is 42.7 Å². The third-order valence-electron chi connectivity index (χ3n) is 5.74. The average molecular weight is 469 g/mol. The Morgan fingerprint density at radius 3 is 2.45 bits per heavy atom. The number of hydrogen-bond acceptors (Lipinski definition) is 5. The van der Waals surface area contributed by atoms with Gasteiger partial charge in [-0.3, -0.25) is 9.59 Å². The molecule has 1 aliphatic heterocycles. The number of nitrogens with one attached hydrogen (secondary N) is 1. The van der Waals surface area contributed by atoms with Crippen LogP contribution in [0.25, 0.3) is 0 Å². The van der Waals surface area contributed by atoms with Crippen molar-refractivity contribution in [2.45, 2.75) is 45.1 Å². The van der Waals surface area contributed by atoms with Crippen molar-refractivity contribution in [3.8, 4) is 0 Å². The lowest BCUT2D eigenvalue weighted by molar-refractivity contribution is -0.149. The summed E-state index contributed by atoms with van der Waals surface area (Å²) >= 11 is 1.58. The monoisotopic (exact) mass is 468 g/mol. The van der Waals surface area contributed by atoms with Crippen LogP contribution >= 0.6 is 11.8 Å². The molecule has 0 aliphatic carbocycles. The number of benzene rings is 2. The Morgan fingerprint density at radius 1 is 1.09 bits per heavy atom. The van der Waals surface area contributed by atoms with E-state index in [0.717, 1.165) is 23.2 Å².